The Kier molecular flexibility index (Phi) is 5.05. The predicted octanol–water partition coefficient (Wildman–Crippen LogP) is 6.36. The van der Waals surface area contributed by atoms with Gasteiger partial charge in [0, 0.05) is 5.92 Å². The Labute approximate surface area is 159 Å². The molecule has 1 nitrogen and oxygen atoms in total. The first-order chi connectivity index (χ1) is 12.7. The van der Waals surface area contributed by atoms with Gasteiger partial charge in [0.2, 0.25) is 0 Å². The van der Waals surface area contributed by atoms with E-state index >= 15 is 0 Å². The van der Waals surface area contributed by atoms with E-state index in [4.69, 9.17) is 4.74 Å². The van der Waals surface area contributed by atoms with Gasteiger partial charge in [-0.05, 0) is 98.3 Å². The fraction of sp³-hybridized carbons (Fsp3) is 0.680. The molecule has 0 aromatic heterocycles. The van der Waals surface area contributed by atoms with Gasteiger partial charge >= 0.3 is 0 Å². The SMILES string of the molecule is CC#C[C@@H]1CC[C@H]2[C@@H]3CCc4cc(OCCCC)ccc4[C@H]3CC[C@]12C. The summed E-state index contributed by atoms with van der Waals surface area (Å²) >= 11 is 0. The van der Waals surface area contributed by atoms with E-state index in [1.807, 2.05) is 6.92 Å². The molecule has 4 rings (SSSR count). The first-order valence-corrected chi connectivity index (χ1v) is 10.8. The minimum atomic E-state index is 0.463. The Morgan fingerprint density at radius 1 is 1.19 bits per heavy atom. The van der Waals surface area contributed by atoms with Gasteiger partial charge in [0.1, 0.15) is 5.75 Å². The van der Waals surface area contributed by atoms with Crippen LogP contribution in [0.1, 0.15) is 82.8 Å². The van der Waals surface area contributed by atoms with Crippen molar-refractivity contribution in [2.24, 2.45) is 23.2 Å². The Bertz CT molecular complexity index is 709. The van der Waals surface area contributed by atoms with Crippen molar-refractivity contribution in [2.75, 3.05) is 6.61 Å². The summed E-state index contributed by atoms with van der Waals surface area (Å²) in [5.74, 6) is 11.0. The van der Waals surface area contributed by atoms with Crippen LogP contribution in [-0.2, 0) is 6.42 Å². The van der Waals surface area contributed by atoms with Crippen molar-refractivity contribution in [3.05, 3.63) is 29.3 Å². The molecule has 0 radical (unpaired) electrons. The van der Waals surface area contributed by atoms with Crippen LogP contribution in [-0.4, -0.2) is 6.61 Å². The molecule has 0 spiro atoms. The molecule has 0 N–H and O–H groups in total. The fourth-order valence-electron chi connectivity index (χ4n) is 6.39. The van der Waals surface area contributed by atoms with Crippen LogP contribution in [0.25, 0.3) is 0 Å². The van der Waals surface area contributed by atoms with Crippen molar-refractivity contribution in [2.45, 2.75) is 78.1 Å². The van der Waals surface area contributed by atoms with Gasteiger partial charge < -0.3 is 4.74 Å². The van der Waals surface area contributed by atoms with Crippen LogP contribution in [0.3, 0.4) is 0 Å². The maximum atomic E-state index is 5.96. The van der Waals surface area contributed by atoms with Gasteiger partial charge in [-0.1, -0.05) is 32.3 Å². The molecule has 0 unspecified atom stereocenters. The highest BCUT2D eigenvalue weighted by molar-refractivity contribution is 5.41. The number of hydrogen-bond acceptors (Lipinski definition) is 1. The summed E-state index contributed by atoms with van der Waals surface area (Å²) in [6, 6.07) is 6.97. The standard InChI is InChI=1S/C25H34O/c1-4-6-16-26-20-10-12-21-18(17-20)8-11-23-22(21)14-15-25(3)19(7-5-2)9-13-24(23)25/h10,12,17,19,22-24H,4,6,8-9,11,13-16H2,1-3H3/t19-,22-,23-,24+,25-/m1/s1. The molecule has 3 aliphatic carbocycles. The molecule has 3 aliphatic rings. The van der Waals surface area contributed by atoms with E-state index in [-0.39, 0.29) is 0 Å². The average Bonchev–Trinajstić information content (AvgIpc) is 2.98. The Morgan fingerprint density at radius 2 is 2.08 bits per heavy atom. The molecule has 0 bridgehead atoms. The molecule has 2 saturated carbocycles. The zero-order valence-electron chi connectivity index (χ0n) is 16.8. The van der Waals surface area contributed by atoms with E-state index in [1.54, 1.807) is 11.1 Å². The topological polar surface area (TPSA) is 9.23 Å². The molecule has 0 heterocycles. The number of unbranched alkanes of at least 4 members (excludes halogenated alkanes) is 1. The van der Waals surface area contributed by atoms with E-state index in [2.05, 4.69) is 43.9 Å². The lowest BCUT2D eigenvalue weighted by molar-refractivity contribution is 0.0431. The summed E-state index contributed by atoms with van der Waals surface area (Å²) in [5, 5.41) is 0. The molecule has 2 fully saturated rings. The van der Waals surface area contributed by atoms with Gasteiger partial charge in [-0.25, -0.2) is 0 Å². The van der Waals surface area contributed by atoms with Crippen molar-refractivity contribution >= 4 is 0 Å². The largest absolute Gasteiger partial charge is 0.494 e. The van der Waals surface area contributed by atoms with Crippen molar-refractivity contribution in [3.8, 4) is 17.6 Å². The third-order valence-corrected chi connectivity index (χ3v) is 7.78. The Balaban J connectivity index is 1.54. The van der Waals surface area contributed by atoms with Gasteiger partial charge in [0.25, 0.3) is 0 Å². The summed E-state index contributed by atoms with van der Waals surface area (Å²) in [6.07, 6.45) is 10.4. The van der Waals surface area contributed by atoms with Crippen LogP contribution in [0.15, 0.2) is 18.2 Å². The molecule has 0 saturated heterocycles. The molecule has 1 aromatic rings. The maximum Gasteiger partial charge on any atom is 0.119 e. The monoisotopic (exact) mass is 350 g/mol. The zero-order chi connectivity index (χ0) is 18.1. The third kappa shape index (κ3) is 2.96. The highest BCUT2D eigenvalue weighted by Crippen LogP contribution is 2.62. The smallest absolute Gasteiger partial charge is 0.119 e. The van der Waals surface area contributed by atoms with E-state index in [0.717, 1.165) is 36.5 Å². The minimum Gasteiger partial charge on any atom is -0.494 e. The molecule has 140 valence electrons. The van der Waals surface area contributed by atoms with Crippen molar-refractivity contribution in [1.29, 1.82) is 0 Å². The first kappa shape index (κ1) is 18.0. The molecular formula is C25H34O. The summed E-state index contributed by atoms with van der Waals surface area (Å²) in [7, 11) is 0. The van der Waals surface area contributed by atoms with Crippen LogP contribution in [0.2, 0.25) is 0 Å². The fourth-order valence-corrected chi connectivity index (χ4v) is 6.39. The second-order valence-electron chi connectivity index (χ2n) is 9.05. The number of benzene rings is 1. The Morgan fingerprint density at radius 3 is 2.88 bits per heavy atom. The van der Waals surface area contributed by atoms with Crippen molar-refractivity contribution in [1.82, 2.24) is 0 Å². The zero-order valence-corrected chi connectivity index (χ0v) is 16.8. The van der Waals surface area contributed by atoms with Gasteiger partial charge in [-0.3, -0.25) is 0 Å². The number of fused-ring (bicyclic) bond motifs is 5. The summed E-state index contributed by atoms with van der Waals surface area (Å²) in [4.78, 5) is 0. The lowest BCUT2D eigenvalue weighted by Gasteiger charge is -2.50. The second-order valence-corrected chi connectivity index (χ2v) is 9.05. The van der Waals surface area contributed by atoms with Gasteiger partial charge in [-0.15, -0.1) is 5.92 Å². The first-order valence-electron chi connectivity index (χ1n) is 10.8. The number of aryl methyl sites for hydroxylation is 1. The third-order valence-electron chi connectivity index (χ3n) is 7.78. The molecular weight excluding hydrogens is 316 g/mol. The van der Waals surface area contributed by atoms with E-state index in [9.17, 15) is 0 Å². The van der Waals surface area contributed by atoms with Crippen molar-refractivity contribution < 1.29 is 4.74 Å². The van der Waals surface area contributed by atoms with Crippen LogP contribution in [0.5, 0.6) is 5.75 Å². The van der Waals surface area contributed by atoms with E-state index in [1.165, 1.54) is 44.9 Å². The maximum absolute atomic E-state index is 5.96. The van der Waals surface area contributed by atoms with E-state index < -0.39 is 0 Å². The summed E-state index contributed by atoms with van der Waals surface area (Å²) in [6.45, 7) is 7.63. The van der Waals surface area contributed by atoms with Crippen LogP contribution in [0.4, 0.5) is 0 Å². The second kappa shape index (κ2) is 7.30. The predicted molar refractivity (Wildman–Crippen MR) is 108 cm³/mol. The highest BCUT2D eigenvalue weighted by atomic mass is 16.5. The van der Waals surface area contributed by atoms with E-state index in [0.29, 0.717) is 11.3 Å². The van der Waals surface area contributed by atoms with Crippen molar-refractivity contribution in [3.63, 3.8) is 0 Å². The average molecular weight is 351 g/mol. The van der Waals surface area contributed by atoms with Crippen LogP contribution < -0.4 is 4.74 Å². The lowest BCUT2D eigenvalue weighted by Crippen LogP contribution is -2.42. The quantitative estimate of drug-likeness (QED) is 0.453. The number of hydrogen-bond donors (Lipinski definition) is 0. The molecule has 26 heavy (non-hydrogen) atoms. The Hall–Kier alpha value is -1.42. The molecule has 5 atom stereocenters. The summed E-state index contributed by atoms with van der Waals surface area (Å²) in [5.41, 5.74) is 3.66. The molecule has 0 aliphatic heterocycles. The number of rotatable bonds is 4. The molecule has 1 heteroatoms. The number of ether oxygens (including phenoxy) is 1. The normalized spacial score (nSPS) is 34.9. The van der Waals surface area contributed by atoms with Gasteiger partial charge in [0.05, 0.1) is 6.61 Å². The van der Waals surface area contributed by atoms with Gasteiger partial charge in [-0.2, -0.15) is 0 Å². The van der Waals surface area contributed by atoms with Crippen LogP contribution >= 0.6 is 0 Å². The lowest BCUT2D eigenvalue weighted by atomic mass is 9.54. The van der Waals surface area contributed by atoms with Gasteiger partial charge in [0.15, 0.2) is 0 Å². The minimum absolute atomic E-state index is 0.463. The highest BCUT2D eigenvalue weighted by Gasteiger charge is 2.54. The molecule has 1 aromatic carbocycles. The summed E-state index contributed by atoms with van der Waals surface area (Å²) < 4.78 is 5.96. The molecule has 0 amide bonds. The van der Waals surface area contributed by atoms with Crippen LogP contribution in [0, 0.1) is 35.0 Å².